The van der Waals surface area contributed by atoms with E-state index in [4.69, 9.17) is 0 Å². The summed E-state index contributed by atoms with van der Waals surface area (Å²) in [6.07, 6.45) is 0. The number of aromatic nitrogens is 1. The van der Waals surface area contributed by atoms with Crippen LogP contribution in [0.2, 0.25) is 0 Å². The van der Waals surface area contributed by atoms with Crippen LogP contribution in [-0.2, 0) is 0 Å². The predicted octanol–water partition coefficient (Wildman–Crippen LogP) is 6.38. The summed E-state index contributed by atoms with van der Waals surface area (Å²) in [5.74, 6) is 0. The largest absolute Gasteiger partial charge is 0.268 e. The number of fused-ring (bicyclic) bond motifs is 5. The molecule has 7 aromatic rings. The van der Waals surface area contributed by atoms with E-state index in [1.807, 2.05) is 42.5 Å². The first-order valence-electron chi connectivity index (χ1n) is 11.0. The SMILES string of the molecule is O=c1c2ccccc2c2cc(-c3cccc4ccccc34)cc3c4ccccc4c(=O)n1c23. The molecule has 2 heterocycles. The van der Waals surface area contributed by atoms with Gasteiger partial charge in [-0.3, -0.25) is 9.59 Å². The fourth-order valence-electron chi connectivity index (χ4n) is 5.26. The number of hydrogen-bond donors (Lipinski definition) is 0. The molecule has 3 nitrogen and oxygen atoms in total. The van der Waals surface area contributed by atoms with Gasteiger partial charge in [0.25, 0.3) is 11.1 Å². The van der Waals surface area contributed by atoms with Crippen molar-refractivity contribution in [3.05, 3.63) is 124 Å². The van der Waals surface area contributed by atoms with Crippen molar-refractivity contribution in [3.8, 4) is 11.1 Å². The molecule has 0 atom stereocenters. The van der Waals surface area contributed by atoms with Crippen LogP contribution in [0.3, 0.4) is 0 Å². The Morgan fingerprint density at radius 1 is 0.455 bits per heavy atom. The second-order valence-electron chi connectivity index (χ2n) is 8.48. The van der Waals surface area contributed by atoms with Crippen LogP contribution < -0.4 is 11.1 Å². The van der Waals surface area contributed by atoms with E-state index in [1.165, 1.54) is 15.2 Å². The number of pyridine rings is 2. The summed E-state index contributed by atoms with van der Waals surface area (Å²) < 4.78 is 1.36. The van der Waals surface area contributed by atoms with Crippen molar-refractivity contribution in [1.29, 1.82) is 0 Å². The van der Waals surface area contributed by atoms with Crippen LogP contribution in [-0.4, -0.2) is 4.40 Å². The summed E-state index contributed by atoms with van der Waals surface area (Å²) in [6, 6.07) is 34.1. The minimum atomic E-state index is -0.267. The van der Waals surface area contributed by atoms with Gasteiger partial charge in [0.2, 0.25) is 0 Å². The number of nitrogens with zero attached hydrogens (tertiary/aromatic N) is 1. The average Bonchev–Trinajstić information content (AvgIpc) is 2.88. The van der Waals surface area contributed by atoms with Crippen molar-refractivity contribution in [2.45, 2.75) is 0 Å². The number of hydrogen-bond acceptors (Lipinski definition) is 2. The smallest absolute Gasteiger partial charge is 0.266 e. The van der Waals surface area contributed by atoms with Gasteiger partial charge in [0, 0.05) is 21.5 Å². The zero-order valence-corrected chi connectivity index (χ0v) is 17.6. The van der Waals surface area contributed by atoms with Gasteiger partial charge in [-0.1, -0.05) is 78.9 Å². The maximum absolute atomic E-state index is 13.5. The van der Waals surface area contributed by atoms with E-state index < -0.39 is 0 Å². The first kappa shape index (κ1) is 18.1. The highest BCUT2D eigenvalue weighted by Gasteiger charge is 2.18. The monoisotopic (exact) mass is 423 g/mol. The Balaban J connectivity index is 1.80. The second kappa shape index (κ2) is 6.50. The topological polar surface area (TPSA) is 38.5 Å². The van der Waals surface area contributed by atoms with Gasteiger partial charge >= 0.3 is 0 Å². The fourth-order valence-corrected chi connectivity index (χ4v) is 5.26. The van der Waals surface area contributed by atoms with Gasteiger partial charge in [0.1, 0.15) is 0 Å². The zero-order chi connectivity index (χ0) is 22.1. The molecule has 0 unspecified atom stereocenters. The predicted molar refractivity (Wildman–Crippen MR) is 137 cm³/mol. The number of rotatable bonds is 1. The Bertz CT molecular complexity index is 1910. The molecule has 7 rings (SSSR count). The van der Waals surface area contributed by atoms with E-state index in [1.54, 1.807) is 12.1 Å². The molecule has 0 N–H and O–H groups in total. The van der Waals surface area contributed by atoms with Crippen LogP contribution in [0.1, 0.15) is 0 Å². The molecule has 0 saturated carbocycles. The standard InChI is InChI=1S/C30H17NO2/c32-29-24-13-5-3-11-22(24)26-16-19(21-15-7-9-18-8-1-2-10-20(18)21)17-27-23-12-4-6-14-25(23)30(33)31(29)28(26)27/h1-17H. The Hall–Kier alpha value is -4.50. The van der Waals surface area contributed by atoms with E-state index in [-0.39, 0.29) is 11.1 Å². The molecule has 5 aromatic carbocycles. The van der Waals surface area contributed by atoms with E-state index >= 15 is 0 Å². The van der Waals surface area contributed by atoms with Crippen LogP contribution in [0.5, 0.6) is 0 Å². The maximum atomic E-state index is 13.5. The molecule has 0 bridgehead atoms. The molecule has 3 heteroatoms. The zero-order valence-electron chi connectivity index (χ0n) is 17.6. The van der Waals surface area contributed by atoms with E-state index in [0.29, 0.717) is 16.3 Å². The van der Waals surface area contributed by atoms with Crippen molar-refractivity contribution in [2.24, 2.45) is 0 Å². The Morgan fingerprint density at radius 3 is 1.55 bits per heavy atom. The van der Waals surface area contributed by atoms with Gasteiger partial charge in [0.05, 0.1) is 5.52 Å². The molecule has 33 heavy (non-hydrogen) atoms. The Kier molecular flexibility index (Phi) is 3.57. The van der Waals surface area contributed by atoms with Gasteiger partial charge in [-0.15, -0.1) is 0 Å². The molecule has 0 fully saturated rings. The normalized spacial score (nSPS) is 11.9. The molecule has 0 aliphatic rings. The summed E-state index contributed by atoms with van der Waals surface area (Å²) in [6.45, 7) is 0. The molecule has 0 amide bonds. The molecule has 0 saturated heterocycles. The fraction of sp³-hybridized carbons (Fsp3) is 0. The van der Waals surface area contributed by atoms with Gasteiger partial charge in [-0.2, -0.15) is 0 Å². The lowest BCUT2D eigenvalue weighted by Crippen LogP contribution is -2.27. The van der Waals surface area contributed by atoms with Gasteiger partial charge in [0.15, 0.2) is 0 Å². The van der Waals surface area contributed by atoms with Crippen molar-refractivity contribution >= 4 is 48.6 Å². The first-order valence-corrected chi connectivity index (χ1v) is 11.0. The highest BCUT2D eigenvalue weighted by atomic mass is 16.2. The molecular weight excluding hydrogens is 406 g/mol. The van der Waals surface area contributed by atoms with Crippen LogP contribution in [0.25, 0.3) is 59.7 Å². The maximum Gasteiger partial charge on any atom is 0.266 e. The van der Waals surface area contributed by atoms with Crippen molar-refractivity contribution in [2.75, 3.05) is 0 Å². The van der Waals surface area contributed by atoms with Gasteiger partial charge < -0.3 is 0 Å². The van der Waals surface area contributed by atoms with E-state index in [9.17, 15) is 9.59 Å². The van der Waals surface area contributed by atoms with Crippen molar-refractivity contribution < 1.29 is 0 Å². The third-order valence-corrected chi connectivity index (χ3v) is 6.74. The molecule has 0 aliphatic carbocycles. The van der Waals surface area contributed by atoms with Crippen LogP contribution in [0.4, 0.5) is 0 Å². The average molecular weight is 423 g/mol. The lowest BCUT2D eigenvalue weighted by atomic mass is 9.92. The van der Waals surface area contributed by atoms with Crippen molar-refractivity contribution in [1.82, 2.24) is 4.40 Å². The summed E-state index contributed by atoms with van der Waals surface area (Å²) in [5.41, 5.74) is 2.34. The minimum Gasteiger partial charge on any atom is -0.268 e. The quantitative estimate of drug-likeness (QED) is 0.227. The summed E-state index contributed by atoms with van der Waals surface area (Å²) in [5, 5.41) is 7.01. The number of benzene rings is 5. The third kappa shape index (κ3) is 2.39. The molecule has 154 valence electrons. The molecule has 0 aliphatic heterocycles. The first-order chi connectivity index (χ1) is 16.2. The lowest BCUT2D eigenvalue weighted by molar-refractivity contribution is 1.09. The summed E-state index contributed by atoms with van der Waals surface area (Å²) in [7, 11) is 0. The third-order valence-electron chi connectivity index (χ3n) is 6.74. The Morgan fingerprint density at radius 2 is 0.939 bits per heavy atom. The van der Waals surface area contributed by atoms with Crippen molar-refractivity contribution in [3.63, 3.8) is 0 Å². The Labute approximate surface area is 188 Å². The minimum absolute atomic E-state index is 0.267. The lowest BCUT2D eigenvalue weighted by Gasteiger charge is -2.15. The molecule has 0 radical (unpaired) electrons. The van der Waals surface area contributed by atoms with Crippen LogP contribution >= 0.6 is 0 Å². The highest BCUT2D eigenvalue weighted by molar-refractivity contribution is 6.19. The molecular formula is C30H17NO2. The van der Waals surface area contributed by atoms with Gasteiger partial charge in [-0.05, 0) is 56.9 Å². The molecule has 0 spiro atoms. The van der Waals surface area contributed by atoms with Gasteiger partial charge in [-0.25, -0.2) is 4.40 Å². The van der Waals surface area contributed by atoms with Crippen LogP contribution in [0, 0.1) is 0 Å². The highest BCUT2D eigenvalue weighted by Crippen LogP contribution is 2.37. The molecule has 2 aromatic heterocycles. The summed E-state index contributed by atoms with van der Waals surface area (Å²) in [4.78, 5) is 26.9. The van der Waals surface area contributed by atoms with E-state index in [0.717, 1.165) is 32.7 Å². The van der Waals surface area contributed by atoms with Crippen LogP contribution in [0.15, 0.2) is 113 Å². The summed E-state index contributed by atoms with van der Waals surface area (Å²) >= 11 is 0. The second-order valence-corrected chi connectivity index (χ2v) is 8.48. The van der Waals surface area contributed by atoms with E-state index in [2.05, 4.69) is 48.5 Å².